The van der Waals surface area contributed by atoms with Crippen LogP contribution >= 0.6 is 11.8 Å². The molecular formula is C21H24N4OS. The Hall–Kier alpha value is -2.60. The van der Waals surface area contributed by atoms with Crippen LogP contribution in [0.1, 0.15) is 23.6 Å². The fourth-order valence-corrected chi connectivity index (χ4v) is 3.57. The van der Waals surface area contributed by atoms with Gasteiger partial charge >= 0.3 is 0 Å². The highest BCUT2D eigenvalue weighted by molar-refractivity contribution is 8.00. The molecule has 1 amide bonds. The van der Waals surface area contributed by atoms with E-state index in [1.54, 1.807) is 0 Å². The lowest BCUT2D eigenvalue weighted by Crippen LogP contribution is -2.30. The third-order valence-corrected chi connectivity index (χ3v) is 5.59. The minimum Gasteiger partial charge on any atom is -0.351 e. The number of carbonyl (C=O) groups excluding carboxylic acids is 1. The monoisotopic (exact) mass is 380 g/mol. The van der Waals surface area contributed by atoms with Crippen LogP contribution in [0.3, 0.4) is 0 Å². The van der Waals surface area contributed by atoms with Crippen LogP contribution in [0.2, 0.25) is 0 Å². The van der Waals surface area contributed by atoms with Crippen LogP contribution in [0.4, 0.5) is 0 Å². The molecule has 3 rings (SSSR count). The molecule has 0 aliphatic heterocycles. The van der Waals surface area contributed by atoms with E-state index in [0.717, 1.165) is 27.7 Å². The average Bonchev–Trinajstić information content (AvgIpc) is 3.01. The van der Waals surface area contributed by atoms with Gasteiger partial charge in [-0.25, -0.2) is 0 Å². The molecule has 0 saturated heterocycles. The van der Waals surface area contributed by atoms with Crippen molar-refractivity contribution in [2.45, 2.75) is 37.7 Å². The summed E-state index contributed by atoms with van der Waals surface area (Å²) in [5, 5.41) is 12.1. The van der Waals surface area contributed by atoms with Gasteiger partial charge in [-0.2, -0.15) is 0 Å². The molecule has 6 heteroatoms. The lowest BCUT2D eigenvalue weighted by Gasteiger charge is -2.12. The Balaban J connectivity index is 1.64. The largest absolute Gasteiger partial charge is 0.351 e. The number of benzene rings is 2. The van der Waals surface area contributed by atoms with Crippen molar-refractivity contribution in [3.05, 3.63) is 65.2 Å². The van der Waals surface area contributed by atoms with E-state index < -0.39 is 0 Å². The highest BCUT2D eigenvalue weighted by Crippen LogP contribution is 2.27. The topological polar surface area (TPSA) is 59.8 Å². The second-order valence-corrected chi connectivity index (χ2v) is 7.95. The molecule has 0 aliphatic rings. The molecule has 27 heavy (non-hydrogen) atoms. The molecular weight excluding hydrogens is 356 g/mol. The molecule has 0 aliphatic carbocycles. The lowest BCUT2D eigenvalue weighted by molar-refractivity contribution is -0.120. The molecule has 2 aromatic carbocycles. The van der Waals surface area contributed by atoms with Crippen molar-refractivity contribution in [1.82, 2.24) is 20.1 Å². The summed E-state index contributed by atoms with van der Waals surface area (Å²) < 4.78 is 1.94. The number of nitrogens with one attached hydrogen (secondary N) is 1. The van der Waals surface area contributed by atoms with Gasteiger partial charge in [0.2, 0.25) is 5.91 Å². The highest BCUT2D eigenvalue weighted by atomic mass is 32.2. The van der Waals surface area contributed by atoms with Gasteiger partial charge in [-0.15, -0.1) is 10.2 Å². The zero-order valence-electron chi connectivity index (χ0n) is 16.1. The number of carbonyl (C=O) groups is 1. The van der Waals surface area contributed by atoms with Crippen LogP contribution in [-0.4, -0.2) is 25.9 Å². The Bertz CT molecular complexity index is 934. The number of hydrogen-bond donors (Lipinski definition) is 1. The van der Waals surface area contributed by atoms with Gasteiger partial charge in [-0.1, -0.05) is 65.9 Å². The molecule has 3 aromatic rings. The van der Waals surface area contributed by atoms with Crippen LogP contribution in [-0.2, 0) is 18.4 Å². The molecule has 1 heterocycles. The SMILES string of the molecule is Cc1ccc(CNC(=O)[C@@H](C)Sc2nnc(-c3ccccc3C)n2C)cc1. The number of rotatable bonds is 6. The van der Waals surface area contributed by atoms with E-state index in [4.69, 9.17) is 0 Å². The Labute approximate surface area is 164 Å². The van der Waals surface area contributed by atoms with E-state index in [-0.39, 0.29) is 11.2 Å². The van der Waals surface area contributed by atoms with Crippen LogP contribution in [0.15, 0.2) is 53.7 Å². The molecule has 0 spiro atoms. The first-order valence-corrected chi connectivity index (χ1v) is 9.79. The molecule has 140 valence electrons. The van der Waals surface area contributed by atoms with Gasteiger partial charge in [-0.05, 0) is 31.9 Å². The van der Waals surface area contributed by atoms with Crippen LogP contribution in [0, 0.1) is 13.8 Å². The normalized spacial score (nSPS) is 12.0. The van der Waals surface area contributed by atoms with Crippen molar-refractivity contribution in [3.63, 3.8) is 0 Å². The van der Waals surface area contributed by atoms with Crippen molar-refractivity contribution >= 4 is 17.7 Å². The summed E-state index contributed by atoms with van der Waals surface area (Å²) in [6.45, 7) is 6.51. The molecule has 0 radical (unpaired) electrons. The minimum absolute atomic E-state index is 0.0129. The van der Waals surface area contributed by atoms with Crippen LogP contribution in [0.5, 0.6) is 0 Å². The summed E-state index contributed by atoms with van der Waals surface area (Å²) >= 11 is 1.41. The molecule has 0 fully saturated rings. The standard InChI is InChI=1S/C21H24N4OS/c1-14-9-11-17(12-10-14)13-22-20(26)16(3)27-21-24-23-19(25(21)4)18-8-6-5-7-15(18)2/h5-12,16H,13H2,1-4H3,(H,22,26)/t16-/m1/s1. The number of thioether (sulfide) groups is 1. The first-order valence-electron chi connectivity index (χ1n) is 8.91. The molecule has 5 nitrogen and oxygen atoms in total. The van der Waals surface area contributed by atoms with Crippen molar-refractivity contribution in [2.24, 2.45) is 7.05 Å². The van der Waals surface area contributed by atoms with Crippen LogP contribution < -0.4 is 5.32 Å². The molecule has 1 atom stereocenters. The summed E-state index contributed by atoms with van der Waals surface area (Å²) in [6.07, 6.45) is 0. The van der Waals surface area contributed by atoms with E-state index in [1.807, 2.05) is 67.9 Å². The van der Waals surface area contributed by atoms with Crippen molar-refractivity contribution in [2.75, 3.05) is 0 Å². The summed E-state index contributed by atoms with van der Waals surface area (Å²) in [4.78, 5) is 12.4. The highest BCUT2D eigenvalue weighted by Gasteiger charge is 2.19. The number of hydrogen-bond acceptors (Lipinski definition) is 4. The van der Waals surface area contributed by atoms with Gasteiger partial charge in [0.05, 0.1) is 5.25 Å². The Kier molecular flexibility index (Phi) is 5.96. The summed E-state index contributed by atoms with van der Waals surface area (Å²) in [5.74, 6) is 0.795. The second-order valence-electron chi connectivity index (χ2n) is 6.64. The molecule has 0 saturated carbocycles. The maximum Gasteiger partial charge on any atom is 0.233 e. The van der Waals surface area contributed by atoms with E-state index in [9.17, 15) is 4.79 Å². The minimum atomic E-state index is -0.261. The average molecular weight is 381 g/mol. The van der Waals surface area contributed by atoms with E-state index in [0.29, 0.717) is 6.54 Å². The Morgan fingerprint density at radius 2 is 1.81 bits per heavy atom. The fraction of sp³-hybridized carbons (Fsp3) is 0.286. The van der Waals surface area contributed by atoms with Gasteiger partial charge in [0.1, 0.15) is 0 Å². The summed E-state index contributed by atoms with van der Waals surface area (Å²) in [7, 11) is 1.93. The predicted octanol–water partition coefficient (Wildman–Crippen LogP) is 3.90. The maximum absolute atomic E-state index is 12.4. The fourth-order valence-electron chi connectivity index (χ4n) is 2.73. The number of nitrogens with zero attached hydrogens (tertiary/aromatic N) is 3. The molecule has 0 bridgehead atoms. The zero-order chi connectivity index (χ0) is 19.4. The molecule has 1 N–H and O–H groups in total. The van der Waals surface area contributed by atoms with E-state index in [2.05, 4.69) is 28.5 Å². The smallest absolute Gasteiger partial charge is 0.233 e. The van der Waals surface area contributed by atoms with Crippen molar-refractivity contribution in [1.29, 1.82) is 0 Å². The Morgan fingerprint density at radius 1 is 1.11 bits per heavy atom. The lowest BCUT2D eigenvalue weighted by atomic mass is 10.1. The predicted molar refractivity (Wildman–Crippen MR) is 110 cm³/mol. The van der Waals surface area contributed by atoms with Gasteiger partial charge < -0.3 is 9.88 Å². The third kappa shape index (κ3) is 4.57. The molecule has 0 unspecified atom stereocenters. The number of aromatic nitrogens is 3. The van der Waals surface area contributed by atoms with E-state index >= 15 is 0 Å². The van der Waals surface area contributed by atoms with Gasteiger partial charge in [0.25, 0.3) is 0 Å². The number of amides is 1. The van der Waals surface area contributed by atoms with Gasteiger partial charge in [0, 0.05) is 19.2 Å². The van der Waals surface area contributed by atoms with Crippen molar-refractivity contribution < 1.29 is 4.79 Å². The maximum atomic E-state index is 12.4. The first kappa shape index (κ1) is 19.2. The van der Waals surface area contributed by atoms with Crippen molar-refractivity contribution in [3.8, 4) is 11.4 Å². The number of aryl methyl sites for hydroxylation is 2. The third-order valence-electron chi connectivity index (χ3n) is 4.46. The van der Waals surface area contributed by atoms with Gasteiger partial charge in [0.15, 0.2) is 11.0 Å². The molecule has 1 aromatic heterocycles. The zero-order valence-corrected chi connectivity index (χ0v) is 16.9. The first-order chi connectivity index (χ1) is 13.0. The summed E-state index contributed by atoms with van der Waals surface area (Å²) in [5.41, 5.74) is 4.50. The van der Waals surface area contributed by atoms with Gasteiger partial charge in [-0.3, -0.25) is 4.79 Å². The Morgan fingerprint density at radius 3 is 2.52 bits per heavy atom. The van der Waals surface area contributed by atoms with Crippen LogP contribution in [0.25, 0.3) is 11.4 Å². The quantitative estimate of drug-likeness (QED) is 0.659. The second kappa shape index (κ2) is 8.39. The summed E-state index contributed by atoms with van der Waals surface area (Å²) in [6, 6.07) is 16.2. The van der Waals surface area contributed by atoms with E-state index in [1.165, 1.54) is 17.3 Å².